The van der Waals surface area contributed by atoms with Crippen molar-refractivity contribution in [1.29, 1.82) is 0 Å². The minimum absolute atomic E-state index is 0.0628. The van der Waals surface area contributed by atoms with Crippen LogP contribution in [-0.2, 0) is 6.54 Å². The van der Waals surface area contributed by atoms with Crippen LogP contribution in [0.4, 0.5) is 0 Å². The summed E-state index contributed by atoms with van der Waals surface area (Å²) in [5.41, 5.74) is 1.14. The number of hydrogen-bond donors (Lipinski definition) is 1. The molecule has 19 heavy (non-hydrogen) atoms. The summed E-state index contributed by atoms with van der Waals surface area (Å²) in [6.07, 6.45) is 0.741. The smallest absolute Gasteiger partial charge is 0.123 e. The van der Waals surface area contributed by atoms with Gasteiger partial charge >= 0.3 is 0 Å². The normalized spacial score (nSPS) is 10.8. The fraction of sp³-hybridized carbons (Fsp3) is 0.500. The van der Waals surface area contributed by atoms with E-state index in [4.69, 9.17) is 16.3 Å². The summed E-state index contributed by atoms with van der Waals surface area (Å²) in [7, 11) is 0. The number of ether oxygens (including phenoxy) is 1. The molecule has 2 nitrogen and oxygen atoms in total. The topological polar surface area (TPSA) is 21.3 Å². The lowest BCUT2D eigenvalue weighted by Gasteiger charge is -2.21. The third kappa shape index (κ3) is 6.52. The zero-order valence-electron chi connectivity index (χ0n) is 12.1. The summed E-state index contributed by atoms with van der Waals surface area (Å²) in [5.74, 6) is 6.72. The van der Waals surface area contributed by atoms with Crippen molar-refractivity contribution < 1.29 is 4.74 Å². The van der Waals surface area contributed by atoms with E-state index in [0.717, 1.165) is 29.3 Å². The molecule has 1 aromatic rings. The third-order valence-corrected chi connectivity index (χ3v) is 2.73. The minimum atomic E-state index is 0.0628. The average Bonchev–Trinajstić information content (AvgIpc) is 2.33. The molecule has 0 saturated carbocycles. The van der Waals surface area contributed by atoms with E-state index in [1.807, 2.05) is 25.1 Å². The fourth-order valence-corrected chi connectivity index (χ4v) is 1.72. The van der Waals surface area contributed by atoms with Gasteiger partial charge in [-0.15, -0.1) is 11.8 Å². The van der Waals surface area contributed by atoms with Gasteiger partial charge in [-0.2, -0.15) is 0 Å². The van der Waals surface area contributed by atoms with Gasteiger partial charge in [0.2, 0.25) is 0 Å². The molecule has 0 spiro atoms. The molecule has 3 heteroatoms. The van der Waals surface area contributed by atoms with E-state index < -0.39 is 0 Å². The minimum Gasteiger partial charge on any atom is -0.492 e. The molecule has 0 fully saturated rings. The van der Waals surface area contributed by atoms with Crippen molar-refractivity contribution in [2.75, 3.05) is 6.61 Å². The maximum atomic E-state index is 6.04. The molecule has 0 bridgehead atoms. The van der Waals surface area contributed by atoms with Gasteiger partial charge in [0.1, 0.15) is 5.75 Å². The Labute approximate surface area is 121 Å². The Bertz CT molecular complexity index is 466. The second kappa shape index (κ2) is 7.43. The van der Waals surface area contributed by atoms with Gasteiger partial charge < -0.3 is 10.1 Å². The first kappa shape index (κ1) is 15.9. The van der Waals surface area contributed by atoms with E-state index in [0.29, 0.717) is 6.61 Å². The van der Waals surface area contributed by atoms with Crippen LogP contribution in [0.15, 0.2) is 18.2 Å². The summed E-state index contributed by atoms with van der Waals surface area (Å²) < 4.78 is 5.76. The van der Waals surface area contributed by atoms with Crippen molar-refractivity contribution in [2.24, 2.45) is 0 Å². The Kier molecular flexibility index (Phi) is 6.21. The molecule has 0 aromatic heterocycles. The molecule has 1 aromatic carbocycles. The van der Waals surface area contributed by atoms with Crippen LogP contribution in [0.1, 0.15) is 39.7 Å². The van der Waals surface area contributed by atoms with E-state index in [1.165, 1.54) is 0 Å². The molecule has 0 unspecified atom stereocenters. The van der Waals surface area contributed by atoms with E-state index >= 15 is 0 Å². The summed E-state index contributed by atoms with van der Waals surface area (Å²) in [6, 6.07) is 5.71. The third-order valence-electron chi connectivity index (χ3n) is 2.49. The van der Waals surface area contributed by atoms with Gasteiger partial charge in [0.25, 0.3) is 0 Å². The monoisotopic (exact) mass is 279 g/mol. The first-order valence-corrected chi connectivity index (χ1v) is 6.86. The number of halogens is 1. The molecule has 1 N–H and O–H groups in total. The molecule has 0 saturated heterocycles. The standard InChI is InChI=1S/C16H22ClNO/c1-5-6-7-10-19-15-9-8-14(17)11-13(15)12-18-16(2,3)4/h8-9,11,18H,7,10,12H2,1-4H3. The molecule has 0 aliphatic carbocycles. The van der Waals surface area contributed by atoms with Gasteiger partial charge in [-0.25, -0.2) is 0 Å². The number of benzene rings is 1. The van der Waals surface area contributed by atoms with Crippen molar-refractivity contribution in [3.63, 3.8) is 0 Å². The fourth-order valence-electron chi connectivity index (χ4n) is 1.52. The van der Waals surface area contributed by atoms with Gasteiger partial charge in [0.05, 0.1) is 6.61 Å². The van der Waals surface area contributed by atoms with Crippen molar-refractivity contribution in [3.8, 4) is 17.6 Å². The summed E-state index contributed by atoms with van der Waals surface area (Å²) >= 11 is 6.04. The SMILES string of the molecule is CC#CCCOc1ccc(Cl)cc1CNC(C)(C)C. The largest absolute Gasteiger partial charge is 0.492 e. The quantitative estimate of drug-likeness (QED) is 0.649. The van der Waals surface area contributed by atoms with Crippen molar-refractivity contribution in [1.82, 2.24) is 5.32 Å². The summed E-state index contributed by atoms with van der Waals surface area (Å²) in [5, 5.41) is 4.17. The first-order chi connectivity index (χ1) is 8.92. The second-order valence-electron chi connectivity index (χ2n) is 5.38. The number of nitrogens with one attached hydrogen (secondary N) is 1. The van der Waals surface area contributed by atoms with Gasteiger partial charge in [-0.1, -0.05) is 11.6 Å². The van der Waals surface area contributed by atoms with Crippen LogP contribution in [0.25, 0.3) is 0 Å². The Balaban J connectivity index is 2.70. The van der Waals surface area contributed by atoms with Gasteiger partial charge in [-0.05, 0) is 45.9 Å². The number of rotatable bonds is 5. The van der Waals surface area contributed by atoms with Crippen molar-refractivity contribution >= 4 is 11.6 Å². The van der Waals surface area contributed by atoms with E-state index in [-0.39, 0.29) is 5.54 Å². The maximum absolute atomic E-state index is 6.04. The van der Waals surface area contributed by atoms with Gasteiger partial charge in [0.15, 0.2) is 0 Å². The van der Waals surface area contributed by atoms with E-state index in [1.54, 1.807) is 0 Å². The highest BCUT2D eigenvalue weighted by Gasteiger charge is 2.11. The highest BCUT2D eigenvalue weighted by molar-refractivity contribution is 6.30. The van der Waals surface area contributed by atoms with Crippen LogP contribution in [0.3, 0.4) is 0 Å². The van der Waals surface area contributed by atoms with Crippen molar-refractivity contribution in [3.05, 3.63) is 28.8 Å². The van der Waals surface area contributed by atoms with Crippen LogP contribution in [0, 0.1) is 11.8 Å². The predicted octanol–water partition coefficient (Wildman–Crippen LogP) is 4.02. The summed E-state index contributed by atoms with van der Waals surface area (Å²) in [6.45, 7) is 9.57. The molecule has 1 rings (SSSR count). The molecule has 0 atom stereocenters. The summed E-state index contributed by atoms with van der Waals surface area (Å²) in [4.78, 5) is 0. The van der Waals surface area contributed by atoms with Crippen LogP contribution in [0.2, 0.25) is 5.02 Å². The van der Waals surface area contributed by atoms with Crippen LogP contribution >= 0.6 is 11.6 Å². The van der Waals surface area contributed by atoms with E-state index in [9.17, 15) is 0 Å². The van der Waals surface area contributed by atoms with Crippen molar-refractivity contribution in [2.45, 2.75) is 46.2 Å². The second-order valence-corrected chi connectivity index (χ2v) is 5.82. The molecule has 0 aliphatic rings. The highest BCUT2D eigenvalue weighted by Crippen LogP contribution is 2.23. The Morgan fingerprint density at radius 2 is 2.05 bits per heavy atom. The molecule has 0 heterocycles. The highest BCUT2D eigenvalue weighted by atomic mass is 35.5. The molecular weight excluding hydrogens is 258 g/mol. The lowest BCUT2D eigenvalue weighted by atomic mass is 10.1. The lowest BCUT2D eigenvalue weighted by molar-refractivity contribution is 0.320. The van der Waals surface area contributed by atoms with Gasteiger partial charge in [-0.3, -0.25) is 0 Å². The van der Waals surface area contributed by atoms with Crippen LogP contribution < -0.4 is 10.1 Å². The molecule has 0 amide bonds. The lowest BCUT2D eigenvalue weighted by Crippen LogP contribution is -2.35. The zero-order valence-corrected chi connectivity index (χ0v) is 12.9. The Morgan fingerprint density at radius 3 is 2.68 bits per heavy atom. The first-order valence-electron chi connectivity index (χ1n) is 6.48. The Morgan fingerprint density at radius 1 is 1.32 bits per heavy atom. The zero-order chi connectivity index (χ0) is 14.3. The van der Waals surface area contributed by atoms with Gasteiger partial charge in [0, 0.05) is 29.1 Å². The maximum Gasteiger partial charge on any atom is 0.123 e. The van der Waals surface area contributed by atoms with Crippen LogP contribution in [-0.4, -0.2) is 12.1 Å². The molecular formula is C16H22ClNO. The van der Waals surface area contributed by atoms with E-state index in [2.05, 4.69) is 37.9 Å². The van der Waals surface area contributed by atoms with Crippen LogP contribution in [0.5, 0.6) is 5.75 Å². The molecule has 0 aliphatic heterocycles. The number of hydrogen-bond acceptors (Lipinski definition) is 2. The molecule has 104 valence electrons. The Hall–Kier alpha value is -1.17. The predicted molar refractivity (Wildman–Crippen MR) is 81.6 cm³/mol. The average molecular weight is 280 g/mol. The molecule has 0 radical (unpaired) electrons.